The summed E-state index contributed by atoms with van der Waals surface area (Å²) >= 11 is 0. The highest BCUT2D eigenvalue weighted by atomic mass is 32.2. The van der Waals surface area contributed by atoms with Crippen LogP contribution in [0.25, 0.3) is 0 Å². The molecule has 6 heteroatoms. The van der Waals surface area contributed by atoms with E-state index in [1.54, 1.807) is 0 Å². The Morgan fingerprint density at radius 1 is 1.50 bits per heavy atom. The van der Waals surface area contributed by atoms with Gasteiger partial charge in [0.1, 0.15) is 12.4 Å². The fraction of sp³-hybridized carbons (Fsp3) is 0.625. The molecule has 0 N–H and O–H groups in total. The van der Waals surface area contributed by atoms with Gasteiger partial charge in [0.2, 0.25) is 6.33 Å². The molecule has 0 spiro atoms. The van der Waals surface area contributed by atoms with Crippen LogP contribution in [0.2, 0.25) is 0 Å². The molecular formula is C8H16N2O3S. The molecule has 14 heavy (non-hydrogen) atoms. The predicted octanol–water partition coefficient (Wildman–Crippen LogP) is -0.116. The molecule has 0 bridgehead atoms. The molecule has 0 aromatic carbocycles. The van der Waals surface area contributed by atoms with Crippen LogP contribution in [0.4, 0.5) is 0 Å². The Labute approximate surface area is 84.7 Å². The van der Waals surface area contributed by atoms with E-state index in [4.69, 9.17) is 0 Å². The van der Waals surface area contributed by atoms with Crippen molar-refractivity contribution in [3.05, 3.63) is 18.7 Å². The van der Waals surface area contributed by atoms with Gasteiger partial charge < -0.3 is 4.55 Å². The fourth-order valence-electron chi connectivity index (χ4n) is 1.06. The summed E-state index contributed by atoms with van der Waals surface area (Å²) in [5.41, 5.74) is 0. The molecule has 1 aromatic rings. The number of imidazole rings is 1. The largest absolute Gasteiger partial charge is 0.748 e. The number of hydrogen-bond donors (Lipinski definition) is 0. The van der Waals surface area contributed by atoms with Crippen LogP contribution in [0.1, 0.15) is 13.8 Å². The minimum absolute atomic E-state index is 0. The molecule has 0 fully saturated rings. The Balaban J connectivity index is 0.00000169. The smallest absolute Gasteiger partial charge is 0.243 e. The van der Waals surface area contributed by atoms with E-state index in [2.05, 4.69) is 0 Å². The zero-order chi connectivity index (χ0) is 9.90. The number of hydrogen-bond acceptors (Lipinski definition) is 3. The molecule has 82 valence electrons. The topological polar surface area (TPSA) is 66.0 Å². The van der Waals surface area contributed by atoms with Crippen LogP contribution in [0, 0.1) is 0 Å². The van der Waals surface area contributed by atoms with Crippen LogP contribution in [-0.2, 0) is 23.7 Å². The third kappa shape index (κ3) is 4.98. The predicted molar refractivity (Wildman–Crippen MR) is 51.5 cm³/mol. The lowest BCUT2D eigenvalue weighted by molar-refractivity contribution is -0.671. The summed E-state index contributed by atoms with van der Waals surface area (Å²) in [4.78, 5) is 0. The Bertz CT molecular complexity index is 370. The number of nitrogens with zero attached hydrogens (tertiary/aromatic N) is 2. The van der Waals surface area contributed by atoms with Crippen LogP contribution in [0.5, 0.6) is 0 Å². The molecule has 5 nitrogen and oxygen atoms in total. The zero-order valence-electron chi connectivity index (χ0n) is 7.38. The molecule has 0 atom stereocenters. The zero-order valence-corrected chi connectivity index (χ0v) is 8.20. The molecule has 1 rings (SSSR count). The highest BCUT2D eigenvalue weighted by Gasteiger charge is 2.01. The second-order valence-electron chi connectivity index (χ2n) is 2.93. The molecule has 0 aliphatic heterocycles. The molecule has 0 radical (unpaired) electrons. The first kappa shape index (κ1) is 13.1. The molecule has 1 aromatic heterocycles. The Hall–Kier alpha value is -0.880. The van der Waals surface area contributed by atoms with Gasteiger partial charge in [0, 0.05) is 5.75 Å². The lowest BCUT2D eigenvalue weighted by Crippen LogP contribution is -2.23. The summed E-state index contributed by atoms with van der Waals surface area (Å²) in [5.74, 6) is -0.297. The molecule has 0 aliphatic carbocycles. The van der Waals surface area contributed by atoms with Crippen molar-refractivity contribution < 1.29 is 17.5 Å². The molecule has 0 saturated heterocycles. The van der Waals surface area contributed by atoms with Gasteiger partial charge in [0.25, 0.3) is 0 Å². The van der Waals surface area contributed by atoms with Crippen molar-refractivity contribution in [3.8, 4) is 0 Å². The maximum absolute atomic E-state index is 10.3. The van der Waals surface area contributed by atoms with E-state index in [0.29, 0.717) is 13.0 Å². The maximum Gasteiger partial charge on any atom is 0.243 e. The summed E-state index contributed by atoms with van der Waals surface area (Å²) in [6, 6.07) is 0. The monoisotopic (exact) mass is 220 g/mol. The minimum atomic E-state index is -4.06. The Morgan fingerprint density at radius 3 is 2.57 bits per heavy atom. The molecule has 0 saturated carbocycles. The van der Waals surface area contributed by atoms with Crippen molar-refractivity contribution >= 4 is 10.1 Å². The van der Waals surface area contributed by atoms with Gasteiger partial charge in [0.15, 0.2) is 0 Å². The third-order valence-electron chi connectivity index (χ3n) is 1.63. The van der Waals surface area contributed by atoms with Gasteiger partial charge in [-0.1, -0.05) is 7.43 Å². The van der Waals surface area contributed by atoms with E-state index >= 15 is 0 Å². The maximum atomic E-state index is 10.3. The van der Waals surface area contributed by atoms with E-state index in [-0.39, 0.29) is 13.2 Å². The summed E-state index contributed by atoms with van der Waals surface area (Å²) in [7, 11) is -2.18. The van der Waals surface area contributed by atoms with E-state index in [9.17, 15) is 13.0 Å². The first-order valence-corrected chi connectivity index (χ1v) is 5.50. The average Bonchev–Trinajstić information content (AvgIpc) is 2.33. The molecule has 1 heterocycles. The van der Waals surface area contributed by atoms with Gasteiger partial charge in [0.05, 0.1) is 23.7 Å². The van der Waals surface area contributed by atoms with E-state index < -0.39 is 10.1 Å². The number of rotatable bonds is 4. The fourth-order valence-corrected chi connectivity index (χ4v) is 1.54. The quantitative estimate of drug-likeness (QED) is 0.525. The van der Waals surface area contributed by atoms with Crippen LogP contribution >= 0.6 is 0 Å². The van der Waals surface area contributed by atoms with Crippen molar-refractivity contribution in [2.24, 2.45) is 7.05 Å². The van der Waals surface area contributed by atoms with E-state index in [0.717, 1.165) is 0 Å². The first-order chi connectivity index (χ1) is 5.97. The molecular weight excluding hydrogens is 204 g/mol. The first-order valence-electron chi connectivity index (χ1n) is 3.92. The van der Waals surface area contributed by atoms with Crippen molar-refractivity contribution in [1.82, 2.24) is 4.57 Å². The summed E-state index contributed by atoms with van der Waals surface area (Å²) in [5, 5.41) is 0. The van der Waals surface area contributed by atoms with Gasteiger partial charge >= 0.3 is 0 Å². The van der Waals surface area contributed by atoms with E-state index in [1.807, 2.05) is 34.9 Å². The number of aryl methyl sites for hydroxylation is 2. The lowest BCUT2D eigenvalue weighted by atomic mass is 10.5. The van der Waals surface area contributed by atoms with Gasteiger partial charge in [-0.2, -0.15) is 0 Å². The molecule has 0 amide bonds. The molecule has 0 unspecified atom stereocenters. The second kappa shape index (κ2) is 5.11. The summed E-state index contributed by atoms with van der Waals surface area (Å²) < 4.78 is 34.5. The van der Waals surface area contributed by atoms with Gasteiger partial charge in [-0.3, -0.25) is 0 Å². The highest BCUT2D eigenvalue weighted by Crippen LogP contribution is 1.92. The Morgan fingerprint density at radius 2 is 2.14 bits per heavy atom. The van der Waals surface area contributed by atoms with Gasteiger partial charge in [-0.15, -0.1) is 0 Å². The van der Waals surface area contributed by atoms with Crippen LogP contribution in [0.3, 0.4) is 0 Å². The average molecular weight is 220 g/mol. The third-order valence-corrected chi connectivity index (χ3v) is 2.42. The van der Waals surface area contributed by atoms with Crippen molar-refractivity contribution in [2.75, 3.05) is 5.75 Å². The van der Waals surface area contributed by atoms with Crippen LogP contribution < -0.4 is 4.57 Å². The summed E-state index contributed by atoms with van der Waals surface area (Å²) in [6.45, 7) is 0.558. The van der Waals surface area contributed by atoms with Crippen LogP contribution in [-0.4, -0.2) is 23.3 Å². The second-order valence-corrected chi connectivity index (χ2v) is 4.46. The normalized spacial score (nSPS) is 11.0. The van der Waals surface area contributed by atoms with E-state index in [1.165, 1.54) is 0 Å². The minimum Gasteiger partial charge on any atom is -0.748 e. The van der Waals surface area contributed by atoms with Crippen molar-refractivity contribution in [3.63, 3.8) is 0 Å². The van der Waals surface area contributed by atoms with Gasteiger partial charge in [-0.05, 0) is 6.42 Å². The lowest BCUT2D eigenvalue weighted by Gasteiger charge is -2.03. The SMILES string of the molecule is C.C[n+]1ccn(CCCS(=O)(=O)[O-])c1. The van der Waals surface area contributed by atoms with Crippen molar-refractivity contribution in [2.45, 2.75) is 20.4 Å². The Kier molecular flexibility index (Phi) is 4.79. The summed E-state index contributed by atoms with van der Waals surface area (Å²) in [6.07, 6.45) is 5.88. The van der Waals surface area contributed by atoms with Crippen LogP contribution in [0.15, 0.2) is 18.7 Å². The van der Waals surface area contributed by atoms with Crippen molar-refractivity contribution in [1.29, 1.82) is 0 Å². The highest BCUT2D eigenvalue weighted by molar-refractivity contribution is 7.85. The van der Waals surface area contributed by atoms with Gasteiger partial charge in [-0.25, -0.2) is 17.6 Å². The standard InChI is InChI=1S/C7H12N2O3S.CH4/c1-8-4-5-9(7-8)3-2-6-13(10,11)12;/h4-5,7H,2-3,6H2,1H3;1H4. The molecule has 0 aliphatic rings. The number of aromatic nitrogens is 2.